The number of nitrogens with zero attached hydrogens (tertiary/aromatic N) is 3. The lowest BCUT2D eigenvalue weighted by Gasteiger charge is -2.42. The Hall–Kier alpha value is -3.32. The van der Waals surface area contributed by atoms with Gasteiger partial charge in [-0.05, 0) is 75.1 Å². The molecule has 0 aliphatic carbocycles. The van der Waals surface area contributed by atoms with Crippen molar-refractivity contribution in [1.29, 1.82) is 0 Å². The van der Waals surface area contributed by atoms with Crippen LogP contribution in [0.5, 0.6) is 5.75 Å². The third-order valence-corrected chi connectivity index (χ3v) is 8.54. The number of hydrogen-bond donors (Lipinski definition) is 1. The van der Waals surface area contributed by atoms with Crippen LogP contribution in [0.15, 0.2) is 48.5 Å². The summed E-state index contributed by atoms with van der Waals surface area (Å²) in [5.74, 6) is 0.694. The van der Waals surface area contributed by atoms with Crippen molar-refractivity contribution in [3.63, 3.8) is 0 Å². The second-order valence-electron chi connectivity index (χ2n) is 10.9. The summed E-state index contributed by atoms with van der Waals surface area (Å²) >= 11 is 0. The van der Waals surface area contributed by atoms with E-state index in [9.17, 15) is 9.59 Å². The third kappa shape index (κ3) is 4.00. The van der Waals surface area contributed by atoms with Crippen LogP contribution in [0.1, 0.15) is 61.9 Å². The van der Waals surface area contributed by atoms with Crippen LogP contribution >= 0.6 is 0 Å². The highest BCUT2D eigenvalue weighted by Crippen LogP contribution is 2.49. The molecule has 0 spiro atoms. The van der Waals surface area contributed by atoms with Gasteiger partial charge in [0.1, 0.15) is 17.3 Å². The molecule has 2 saturated heterocycles. The molecule has 2 atom stereocenters. The van der Waals surface area contributed by atoms with E-state index in [0.29, 0.717) is 13.0 Å². The van der Waals surface area contributed by atoms with Crippen LogP contribution in [-0.2, 0) is 11.2 Å². The molecule has 3 aliphatic rings. The first-order valence-electron chi connectivity index (χ1n) is 13.6. The van der Waals surface area contributed by atoms with Crippen molar-refractivity contribution < 1.29 is 14.3 Å². The van der Waals surface area contributed by atoms with Gasteiger partial charge in [-0.25, -0.2) is 4.79 Å². The number of likely N-dealkylation sites (tertiary alicyclic amines) is 1. The average Bonchev–Trinajstić information content (AvgIpc) is 3.19. The van der Waals surface area contributed by atoms with Crippen LogP contribution in [0.3, 0.4) is 0 Å². The molecule has 0 bridgehead atoms. The van der Waals surface area contributed by atoms with Gasteiger partial charge < -0.3 is 14.6 Å². The third-order valence-electron chi connectivity index (χ3n) is 8.54. The number of amides is 3. The summed E-state index contributed by atoms with van der Waals surface area (Å²) in [6.07, 6.45) is 6.36. The quantitative estimate of drug-likeness (QED) is 0.478. The van der Waals surface area contributed by atoms with Crippen LogP contribution in [0.25, 0.3) is 10.9 Å². The highest BCUT2D eigenvalue weighted by atomic mass is 16.5. The van der Waals surface area contributed by atoms with E-state index in [-0.39, 0.29) is 18.0 Å². The monoisotopic (exact) mass is 500 g/mol. The second-order valence-corrected chi connectivity index (χ2v) is 10.9. The summed E-state index contributed by atoms with van der Waals surface area (Å²) in [5, 5.41) is 1.05. The van der Waals surface area contributed by atoms with Gasteiger partial charge in [0, 0.05) is 29.6 Å². The number of H-pyrrole nitrogens is 1. The number of rotatable bonds is 6. The average molecular weight is 501 g/mol. The maximum absolute atomic E-state index is 14.0. The lowest BCUT2D eigenvalue weighted by atomic mass is 9.81. The molecule has 7 nitrogen and oxygen atoms in total. The molecule has 3 amide bonds. The van der Waals surface area contributed by atoms with E-state index in [4.69, 9.17) is 4.74 Å². The minimum absolute atomic E-state index is 0.0859. The summed E-state index contributed by atoms with van der Waals surface area (Å²) in [6, 6.07) is 15.5. The highest BCUT2D eigenvalue weighted by Gasteiger charge is 2.60. The van der Waals surface area contributed by atoms with Gasteiger partial charge in [-0.15, -0.1) is 0 Å². The number of carbonyl (C=O) groups is 2. The largest absolute Gasteiger partial charge is 0.497 e. The lowest BCUT2D eigenvalue weighted by Crippen LogP contribution is -2.53. The molecule has 6 rings (SSSR count). The fourth-order valence-corrected chi connectivity index (χ4v) is 6.61. The van der Waals surface area contributed by atoms with Crippen LogP contribution in [0.2, 0.25) is 0 Å². The van der Waals surface area contributed by atoms with Gasteiger partial charge in [0.2, 0.25) is 0 Å². The second kappa shape index (κ2) is 9.53. The number of nitrogens with one attached hydrogen (secondary N) is 1. The molecule has 2 fully saturated rings. The molecule has 194 valence electrons. The highest BCUT2D eigenvalue weighted by molar-refractivity contribution is 6.08. The SMILES string of the molecule is COc1ccc2[nH]c3c(c2c1)C[C@@]1(C)C(=O)N(CCCN2CCCCCC2)C(=O)N1[C@@H]3c1ccccc1. The standard InChI is InChI=1S/C30H36N4O3/c1-30-20-24-23-19-22(37-2)13-14-25(23)31-26(24)27(21-11-6-5-7-12-21)34(30)29(36)33(28(30)35)18-10-17-32-15-8-3-4-9-16-32/h5-7,11-14,19,27,31H,3-4,8-10,15-18,20H2,1-2H3/t27-,30+/m1/s1. The van der Waals surface area contributed by atoms with Crippen LogP contribution < -0.4 is 4.74 Å². The summed E-state index contributed by atoms with van der Waals surface area (Å²) in [7, 11) is 1.67. The normalized spacial score (nSPS) is 24.3. The van der Waals surface area contributed by atoms with Gasteiger partial charge in [0.25, 0.3) is 5.91 Å². The predicted octanol–water partition coefficient (Wildman–Crippen LogP) is 5.11. The maximum Gasteiger partial charge on any atom is 0.328 e. The van der Waals surface area contributed by atoms with E-state index in [1.165, 1.54) is 30.6 Å². The van der Waals surface area contributed by atoms with E-state index in [1.54, 1.807) is 7.11 Å². The van der Waals surface area contributed by atoms with Gasteiger partial charge in [0.15, 0.2) is 0 Å². The summed E-state index contributed by atoms with van der Waals surface area (Å²) in [5.41, 5.74) is 3.13. The first kappa shape index (κ1) is 24.0. The number of fused-ring (bicyclic) bond motifs is 4. The van der Waals surface area contributed by atoms with Gasteiger partial charge >= 0.3 is 6.03 Å². The molecular formula is C30H36N4O3. The van der Waals surface area contributed by atoms with Gasteiger partial charge in [-0.1, -0.05) is 43.2 Å². The zero-order chi connectivity index (χ0) is 25.6. The zero-order valence-electron chi connectivity index (χ0n) is 21.8. The van der Waals surface area contributed by atoms with E-state index >= 15 is 0 Å². The minimum Gasteiger partial charge on any atom is -0.497 e. The molecule has 0 radical (unpaired) electrons. The number of aromatic amines is 1. The fraction of sp³-hybridized carbons (Fsp3) is 0.467. The Bertz CT molecular complexity index is 1310. The van der Waals surface area contributed by atoms with Crippen LogP contribution in [-0.4, -0.2) is 70.4 Å². The Kier molecular flexibility index (Phi) is 6.19. The number of urea groups is 1. The molecule has 37 heavy (non-hydrogen) atoms. The molecule has 3 aromatic rings. The lowest BCUT2D eigenvalue weighted by molar-refractivity contribution is -0.133. The Balaban J connectivity index is 1.35. The Morgan fingerprint density at radius 2 is 1.76 bits per heavy atom. The number of aromatic nitrogens is 1. The van der Waals surface area contributed by atoms with Crippen molar-refractivity contribution >= 4 is 22.8 Å². The van der Waals surface area contributed by atoms with E-state index in [0.717, 1.165) is 59.5 Å². The first-order chi connectivity index (χ1) is 18.0. The minimum atomic E-state index is -0.939. The zero-order valence-corrected chi connectivity index (χ0v) is 21.8. The smallest absolute Gasteiger partial charge is 0.328 e. The number of carbonyl (C=O) groups excluding carboxylic acids is 2. The number of ether oxygens (including phenoxy) is 1. The van der Waals surface area contributed by atoms with Crippen molar-refractivity contribution in [3.05, 3.63) is 65.4 Å². The van der Waals surface area contributed by atoms with Gasteiger partial charge in [-0.3, -0.25) is 14.6 Å². The van der Waals surface area contributed by atoms with Crippen molar-refractivity contribution in [2.75, 3.05) is 33.3 Å². The van der Waals surface area contributed by atoms with E-state index < -0.39 is 5.54 Å². The molecule has 1 aromatic heterocycles. The Labute approximate surface area is 218 Å². The Morgan fingerprint density at radius 1 is 1.00 bits per heavy atom. The summed E-state index contributed by atoms with van der Waals surface area (Å²) in [4.78, 5) is 37.4. The van der Waals surface area contributed by atoms with E-state index in [2.05, 4.69) is 9.88 Å². The molecule has 0 unspecified atom stereocenters. The molecular weight excluding hydrogens is 464 g/mol. The van der Waals surface area contributed by atoms with Gasteiger partial charge in [0.05, 0.1) is 7.11 Å². The molecule has 3 aliphatic heterocycles. The summed E-state index contributed by atoms with van der Waals surface area (Å²) in [6.45, 7) is 5.57. The predicted molar refractivity (Wildman–Crippen MR) is 144 cm³/mol. The van der Waals surface area contributed by atoms with Crippen molar-refractivity contribution in [2.24, 2.45) is 0 Å². The first-order valence-corrected chi connectivity index (χ1v) is 13.6. The maximum atomic E-state index is 14.0. The molecule has 7 heteroatoms. The van der Waals surface area contributed by atoms with Crippen molar-refractivity contribution in [1.82, 2.24) is 19.7 Å². The number of methoxy groups -OCH3 is 1. The Morgan fingerprint density at radius 3 is 2.49 bits per heavy atom. The number of imide groups is 1. The molecule has 2 aromatic carbocycles. The summed E-state index contributed by atoms with van der Waals surface area (Å²) < 4.78 is 5.51. The van der Waals surface area contributed by atoms with E-state index in [1.807, 2.05) is 60.4 Å². The van der Waals surface area contributed by atoms with Crippen LogP contribution in [0, 0.1) is 0 Å². The van der Waals surface area contributed by atoms with Gasteiger partial charge in [-0.2, -0.15) is 0 Å². The van der Waals surface area contributed by atoms with Crippen molar-refractivity contribution in [3.8, 4) is 5.75 Å². The topological polar surface area (TPSA) is 68.9 Å². The van der Waals surface area contributed by atoms with Crippen molar-refractivity contribution in [2.45, 2.75) is 57.0 Å². The number of hydrogen-bond acceptors (Lipinski definition) is 4. The fourth-order valence-electron chi connectivity index (χ4n) is 6.61. The number of benzene rings is 2. The molecule has 1 N–H and O–H groups in total. The molecule has 0 saturated carbocycles. The van der Waals surface area contributed by atoms with Crippen LogP contribution in [0.4, 0.5) is 4.79 Å². The molecule has 4 heterocycles.